The summed E-state index contributed by atoms with van der Waals surface area (Å²) >= 11 is 0. The summed E-state index contributed by atoms with van der Waals surface area (Å²) in [6.07, 6.45) is 11.5. The number of nitrogens with two attached hydrogens (primary N) is 1. The molecule has 1 aliphatic rings. The number of carbonyl (C=O) groups is 1. The number of amides is 1. The SMILES string of the molecule is CCCC1(CNC(=O)CCCCCCN)CCC1.Cl. The first kappa shape index (κ1) is 18.7. The number of rotatable bonds is 10. The Hall–Kier alpha value is -0.280. The fraction of sp³-hybridized carbons (Fsp3) is 0.933. The Balaban J connectivity index is 0.00000324. The molecule has 0 unspecified atom stereocenters. The van der Waals surface area contributed by atoms with Crippen molar-refractivity contribution in [3.63, 3.8) is 0 Å². The third-order valence-electron chi connectivity index (χ3n) is 4.21. The van der Waals surface area contributed by atoms with Gasteiger partial charge in [0.05, 0.1) is 0 Å². The third-order valence-corrected chi connectivity index (χ3v) is 4.21. The first-order chi connectivity index (χ1) is 8.72. The van der Waals surface area contributed by atoms with Gasteiger partial charge in [-0.1, -0.05) is 32.6 Å². The van der Waals surface area contributed by atoms with E-state index in [1.807, 2.05) is 0 Å². The Kier molecular flexibility index (Phi) is 10.3. The average Bonchev–Trinajstić information content (AvgIpc) is 2.32. The topological polar surface area (TPSA) is 55.1 Å². The second-order valence-electron chi connectivity index (χ2n) is 5.83. The molecular weight excluding hydrogens is 260 g/mol. The standard InChI is InChI=1S/C15H30N2O.ClH/c1-2-9-15(10-7-11-15)13-17-14(18)8-5-3-4-6-12-16;/h2-13,16H2,1H3,(H,17,18);1H. The van der Waals surface area contributed by atoms with Gasteiger partial charge in [-0.2, -0.15) is 0 Å². The van der Waals surface area contributed by atoms with Crippen molar-refractivity contribution in [2.75, 3.05) is 13.1 Å². The zero-order valence-electron chi connectivity index (χ0n) is 12.4. The summed E-state index contributed by atoms with van der Waals surface area (Å²) in [4.78, 5) is 11.7. The van der Waals surface area contributed by atoms with Gasteiger partial charge in [0.25, 0.3) is 0 Å². The van der Waals surface area contributed by atoms with E-state index >= 15 is 0 Å². The van der Waals surface area contributed by atoms with Crippen molar-refractivity contribution in [2.45, 2.75) is 71.1 Å². The van der Waals surface area contributed by atoms with Gasteiger partial charge >= 0.3 is 0 Å². The van der Waals surface area contributed by atoms with E-state index in [0.29, 0.717) is 11.8 Å². The van der Waals surface area contributed by atoms with Gasteiger partial charge in [0.2, 0.25) is 5.91 Å². The number of nitrogens with one attached hydrogen (secondary N) is 1. The molecule has 1 fully saturated rings. The molecule has 19 heavy (non-hydrogen) atoms. The molecule has 0 heterocycles. The van der Waals surface area contributed by atoms with E-state index < -0.39 is 0 Å². The highest BCUT2D eigenvalue weighted by atomic mass is 35.5. The van der Waals surface area contributed by atoms with Crippen molar-refractivity contribution in [1.29, 1.82) is 0 Å². The van der Waals surface area contributed by atoms with Gasteiger partial charge in [-0.25, -0.2) is 0 Å². The maximum absolute atomic E-state index is 11.7. The summed E-state index contributed by atoms with van der Waals surface area (Å²) in [5.74, 6) is 0.241. The number of unbranched alkanes of at least 4 members (excludes halogenated alkanes) is 3. The molecule has 0 radical (unpaired) electrons. The average molecular weight is 291 g/mol. The summed E-state index contributed by atoms with van der Waals surface area (Å²) < 4.78 is 0. The van der Waals surface area contributed by atoms with E-state index in [2.05, 4.69) is 12.2 Å². The summed E-state index contributed by atoms with van der Waals surface area (Å²) in [7, 11) is 0. The van der Waals surface area contributed by atoms with Crippen molar-refractivity contribution in [3.05, 3.63) is 0 Å². The normalized spacial score (nSPS) is 16.3. The smallest absolute Gasteiger partial charge is 0.220 e. The van der Waals surface area contributed by atoms with Gasteiger partial charge in [-0.3, -0.25) is 4.79 Å². The molecule has 1 amide bonds. The molecule has 3 nitrogen and oxygen atoms in total. The van der Waals surface area contributed by atoms with Crippen molar-refractivity contribution in [2.24, 2.45) is 11.1 Å². The van der Waals surface area contributed by atoms with Gasteiger partial charge in [-0.15, -0.1) is 12.4 Å². The van der Waals surface area contributed by atoms with E-state index in [1.54, 1.807) is 0 Å². The second kappa shape index (κ2) is 10.5. The van der Waals surface area contributed by atoms with Gasteiger partial charge in [-0.05, 0) is 44.1 Å². The molecule has 4 heteroatoms. The first-order valence-corrected chi connectivity index (χ1v) is 7.69. The lowest BCUT2D eigenvalue weighted by atomic mass is 9.66. The molecule has 3 N–H and O–H groups in total. The molecule has 1 aliphatic carbocycles. The third kappa shape index (κ3) is 7.17. The summed E-state index contributed by atoms with van der Waals surface area (Å²) in [6.45, 7) is 3.91. The van der Waals surface area contributed by atoms with Crippen molar-refractivity contribution >= 4 is 18.3 Å². The number of hydrogen-bond donors (Lipinski definition) is 2. The van der Waals surface area contributed by atoms with Gasteiger partial charge < -0.3 is 11.1 Å². The molecule has 0 aromatic rings. The highest BCUT2D eigenvalue weighted by Gasteiger charge is 2.35. The van der Waals surface area contributed by atoms with E-state index in [4.69, 9.17) is 5.73 Å². The largest absolute Gasteiger partial charge is 0.356 e. The predicted molar refractivity (Wildman–Crippen MR) is 83.6 cm³/mol. The molecule has 0 aliphatic heterocycles. The summed E-state index contributed by atoms with van der Waals surface area (Å²) in [6, 6.07) is 0. The molecule has 0 aromatic carbocycles. The van der Waals surface area contributed by atoms with Crippen LogP contribution in [0.1, 0.15) is 71.1 Å². The molecule has 0 saturated heterocycles. The van der Waals surface area contributed by atoms with Crippen molar-refractivity contribution in [1.82, 2.24) is 5.32 Å². The number of carbonyl (C=O) groups excluding carboxylic acids is 1. The summed E-state index contributed by atoms with van der Waals surface area (Å²) in [5, 5.41) is 3.14. The van der Waals surface area contributed by atoms with E-state index in [9.17, 15) is 4.79 Å². The molecule has 1 rings (SSSR count). The Morgan fingerprint density at radius 3 is 2.42 bits per heavy atom. The van der Waals surface area contributed by atoms with E-state index in [1.165, 1.54) is 32.1 Å². The highest BCUT2D eigenvalue weighted by Crippen LogP contribution is 2.44. The van der Waals surface area contributed by atoms with Crippen LogP contribution in [0.4, 0.5) is 0 Å². The Bertz CT molecular complexity index is 242. The van der Waals surface area contributed by atoms with Crippen LogP contribution in [-0.4, -0.2) is 19.0 Å². The van der Waals surface area contributed by atoms with Crippen LogP contribution in [-0.2, 0) is 4.79 Å². The lowest BCUT2D eigenvalue weighted by Crippen LogP contribution is -2.42. The number of hydrogen-bond acceptors (Lipinski definition) is 2. The van der Waals surface area contributed by atoms with Crippen LogP contribution in [0.2, 0.25) is 0 Å². The van der Waals surface area contributed by atoms with Crippen LogP contribution in [0, 0.1) is 5.41 Å². The van der Waals surface area contributed by atoms with Crippen LogP contribution in [0.5, 0.6) is 0 Å². The van der Waals surface area contributed by atoms with Crippen LogP contribution < -0.4 is 11.1 Å². The van der Waals surface area contributed by atoms with E-state index in [-0.39, 0.29) is 18.3 Å². The fourth-order valence-electron chi connectivity index (χ4n) is 2.88. The molecule has 0 bridgehead atoms. The Morgan fingerprint density at radius 1 is 1.21 bits per heavy atom. The van der Waals surface area contributed by atoms with Crippen molar-refractivity contribution in [3.8, 4) is 0 Å². The zero-order valence-corrected chi connectivity index (χ0v) is 13.2. The minimum atomic E-state index is 0. The van der Waals surface area contributed by atoms with Gasteiger partial charge in [0.15, 0.2) is 0 Å². The molecule has 114 valence electrons. The molecule has 0 aromatic heterocycles. The quantitative estimate of drug-likeness (QED) is 0.606. The van der Waals surface area contributed by atoms with Crippen LogP contribution in [0.3, 0.4) is 0 Å². The summed E-state index contributed by atoms with van der Waals surface area (Å²) in [5.41, 5.74) is 5.89. The number of halogens is 1. The minimum absolute atomic E-state index is 0. The van der Waals surface area contributed by atoms with Crippen LogP contribution >= 0.6 is 12.4 Å². The van der Waals surface area contributed by atoms with Crippen molar-refractivity contribution < 1.29 is 4.79 Å². The monoisotopic (exact) mass is 290 g/mol. The maximum Gasteiger partial charge on any atom is 0.220 e. The predicted octanol–water partition coefficient (Wildman–Crippen LogP) is 3.40. The maximum atomic E-state index is 11.7. The first-order valence-electron chi connectivity index (χ1n) is 7.69. The lowest BCUT2D eigenvalue weighted by Gasteiger charge is -2.42. The lowest BCUT2D eigenvalue weighted by molar-refractivity contribution is -0.122. The minimum Gasteiger partial charge on any atom is -0.356 e. The second-order valence-corrected chi connectivity index (χ2v) is 5.83. The Labute approximate surface area is 124 Å². The highest BCUT2D eigenvalue weighted by molar-refractivity contribution is 5.85. The molecule has 0 atom stereocenters. The molecule has 1 saturated carbocycles. The van der Waals surface area contributed by atoms with E-state index in [0.717, 1.165) is 38.8 Å². The van der Waals surface area contributed by atoms with Crippen LogP contribution in [0.15, 0.2) is 0 Å². The van der Waals surface area contributed by atoms with Gasteiger partial charge in [0, 0.05) is 13.0 Å². The zero-order chi connectivity index (χ0) is 13.3. The molecular formula is C15H31ClN2O. The Morgan fingerprint density at radius 2 is 1.89 bits per heavy atom. The van der Waals surface area contributed by atoms with Gasteiger partial charge in [0.1, 0.15) is 0 Å². The molecule has 0 spiro atoms. The fourth-order valence-corrected chi connectivity index (χ4v) is 2.88. The van der Waals surface area contributed by atoms with Crippen LogP contribution in [0.25, 0.3) is 0 Å².